The van der Waals surface area contributed by atoms with E-state index in [0.29, 0.717) is 5.92 Å². The van der Waals surface area contributed by atoms with Gasteiger partial charge in [-0.05, 0) is 48.6 Å². The summed E-state index contributed by atoms with van der Waals surface area (Å²) >= 11 is 0. The Morgan fingerprint density at radius 1 is 1.15 bits per heavy atom. The summed E-state index contributed by atoms with van der Waals surface area (Å²) in [5.41, 5.74) is 5.07. The Balaban J connectivity index is 1.72. The molecule has 1 nitrogen and oxygen atoms in total. The van der Waals surface area contributed by atoms with E-state index in [4.69, 9.17) is 6.42 Å². The first-order valence-corrected chi connectivity index (χ1v) is 7.25. The Morgan fingerprint density at radius 3 is 2.95 bits per heavy atom. The van der Waals surface area contributed by atoms with Crippen LogP contribution >= 0.6 is 0 Å². The van der Waals surface area contributed by atoms with Gasteiger partial charge >= 0.3 is 0 Å². The van der Waals surface area contributed by atoms with Crippen LogP contribution in [-0.2, 0) is 6.42 Å². The van der Waals surface area contributed by atoms with E-state index in [9.17, 15) is 0 Å². The third-order valence-electron chi connectivity index (χ3n) is 4.08. The Labute approximate surface area is 121 Å². The molecule has 0 bridgehead atoms. The SMILES string of the molecule is C#Cc1cccc(NCC2CCCc3ccccc32)c1. The molecule has 1 atom stereocenters. The van der Waals surface area contributed by atoms with Crippen molar-refractivity contribution in [2.24, 2.45) is 0 Å². The van der Waals surface area contributed by atoms with Gasteiger partial charge in [0.15, 0.2) is 0 Å². The van der Waals surface area contributed by atoms with Gasteiger partial charge in [-0.3, -0.25) is 0 Å². The highest BCUT2D eigenvalue weighted by molar-refractivity contribution is 5.50. The smallest absolute Gasteiger partial charge is 0.0352 e. The average molecular weight is 261 g/mol. The highest BCUT2D eigenvalue weighted by Gasteiger charge is 2.19. The number of anilines is 1. The van der Waals surface area contributed by atoms with Crippen LogP contribution in [0.25, 0.3) is 0 Å². The second kappa shape index (κ2) is 5.84. The van der Waals surface area contributed by atoms with Crippen LogP contribution in [0.1, 0.15) is 35.4 Å². The first kappa shape index (κ1) is 12.8. The summed E-state index contributed by atoms with van der Waals surface area (Å²) < 4.78 is 0. The number of aryl methyl sites for hydroxylation is 1. The molecule has 1 heteroatoms. The normalized spacial score (nSPS) is 17.1. The predicted octanol–water partition coefficient (Wildman–Crippen LogP) is 4.20. The number of hydrogen-bond acceptors (Lipinski definition) is 1. The molecule has 0 amide bonds. The molecule has 3 rings (SSSR count). The quantitative estimate of drug-likeness (QED) is 0.816. The molecule has 1 unspecified atom stereocenters. The number of rotatable bonds is 3. The molecule has 1 aliphatic rings. The maximum absolute atomic E-state index is 5.44. The lowest BCUT2D eigenvalue weighted by Crippen LogP contribution is -2.18. The fourth-order valence-electron chi connectivity index (χ4n) is 3.03. The monoisotopic (exact) mass is 261 g/mol. The predicted molar refractivity (Wildman–Crippen MR) is 85.0 cm³/mol. The topological polar surface area (TPSA) is 12.0 Å². The Morgan fingerprint density at radius 2 is 2.05 bits per heavy atom. The van der Waals surface area contributed by atoms with E-state index in [1.165, 1.54) is 30.4 Å². The molecule has 100 valence electrons. The molecule has 1 aliphatic carbocycles. The van der Waals surface area contributed by atoms with Crippen molar-refractivity contribution in [3.8, 4) is 12.3 Å². The molecule has 0 aliphatic heterocycles. The second-order valence-corrected chi connectivity index (χ2v) is 5.39. The van der Waals surface area contributed by atoms with Gasteiger partial charge in [-0.25, -0.2) is 0 Å². The minimum Gasteiger partial charge on any atom is -0.384 e. The summed E-state index contributed by atoms with van der Waals surface area (Å²) in [6, 6.07) is 16.9. The molecular formula is C19H19N. The molecule has 20 heavy (non-hydrogen) atoms. The van der Waals surface area contributed by atoms with E-state index in [1.807, 2.05) is 18.2 Å². The molecule has 0 heterocycles. The summed E-state index contributed by atoms with van der Waals surface area (Å²) in [6.07, 6.45) is 9.21. The first-order chi connectivity index (χ1) is 9.86. The lowest BCUT2D eigenvalue weighted by molar-refractivity contribution is 0.572. The second-order valence-electron chi connectivity index (χ2n) is 5.39. The fraction of sp³-hybridized carbons (Fsp3) is 0.263. The van der Waals surface area contributed by atoms with Crippen LogP contribution in [0, 0.1) is 12.3 Å². The van der Waals surface area contributed by atoms with Crippen LogP contribution in [-0.4, -0.2) is 6.54 Å². The molecule has 0 saturated carbocycles. The molecule has 1 N–H and O–H groups in total. The zero-order valence-electron chi connectivity index (χ0n) is 11.6. The Hall–Kier alpha value is -2.20. The number of nitrogens with one attached hydrogen (secondary N) is 1. The highest BCUT2D eigenvalue weighted by Crippen LogP contribution is 2.31. The minimum absolute atomic E-state index is 0.606. The van der Waals surface area contributed by atoms with Gasteiger partial charge in [0.1, 0.15) is 0 Å². The van der Waals surface area contributed by atoms with E-state index in [-0.39, 0.29) is 0 Å². The van der Waals surface area contributed by atoms with Crippen LogP contribution in [0.2, 0.25) is 0 Å². The molecule has 0 aromatic heterocycles. The highest BCUT2D eigenvalue weighted by atomic mass is 14.9. The lowest BCUT2D eigenvalue weighted by Gasteiger charge is -2.26. The average Bonchev–Trinajstić information content (AvgIpc) is 2.53. The number of terminal acetylenes is 1. The van der Waals surface area contributed by atoms with Gasteiger partial charge in [-0.1, -0.05) is 36.3 Å². The Bertz CT molecular complexity index is 636. The van der Waals surface area contributed by atoms with E-state index < -0.39 is 0 Å². The van der Waals surface area contributed by atoms with E-state index >= 15 is 0 Å². The van der Waals surface area contributed by atoms with E-state index in [2.05, 4.69) is 41.6 Å². The van der Waals surface area contributed by atoms with Crippen molar-refractivity contribution in [2.75, 3.05) is 11.9 Å². The van der Waals surface area contributed by atoms with Crippen molar-refractivity contribution in [3.63, 3.8) is 0 Å². The minimum atomic E-state index is 0.606. The van der Waals surface area contributed by atoms with E-state index in [0.717, 1.165) is 17.8 Å². The van der Waals surface area contributed by atoms with Crippen molar-refractivity contribution < 1.29 is 0 Å². The van der Waals surface area contributed by atoms with Gasteiger partial charge in [0.25, 0.3) is 0 Å². The first-order valence-electron chi connectivity index (χ1n) is 7.25. The van der Waals surface area contributed by atoms with Gasteiger partial charge in [-0.15, -0.1) is 6.42 Å². The molecule has 0 spiro atoms. The molecule has 0 saturated heterocycles. The number of hydrogen-bond donors (Lipinski definition) is 1. The van der Waals surface area contributed by atoms with Crippen LogP contribution in [0.3, 0.4) is 0 Å². The van der Waals surface area contributed by atoms with Crippen molar-refractivity contribution in [1.29, 1.82) is 0 Å². The van der Waals surface area contributed by atoms with E-state index in [1.54, 1.807) is 0 Å². The van der Waals surface area contributed by atoms with Crippen LogP contribution in [0.4, 0.5) is 5.69 Å². The van der Waals surface area contributed by atoms with Crippen LogP contribution in [0.15, 0.2) is 48.5 Å². The molecule has 2 aromatic rings. The Kier molecular flexibility index (Phi) is 3.74. The summed E-state index contributed by atoms with van der Waals surface area (Å²) in [6.45, 7) is 0.977. The molecule has 2 aromatic carbocycles. The van der Waals surface area contributed by atoms with Crippen molar-refractivity contribution in [3.05, 3.63) is 65.2 Å². The molecule has 0 fully saturated rings. The van der Waals surface area contributed by atoms with Crippen molar-refractivity contribution in [1.82, 2.24) is 0 Å². The molecular weight excluding hydrogens is 242 g/mol. The zero-order valence-corrected chi connectivity index (χ0v) is 11.6. The van der Waals surface area contributed by atoms with Gasteiger partial charge in [-0.2, -0.15) is 0 Å². The summed E-state index contributed by atoms with van der Waals surface area (Å²) in [7, 11) is 0. The van der Waals surface area contributed by atoms with Crippen molar-refractivity contribution in [2.45, 2.75) is 25.2 Å². The summed E-state index contributed by atoms with van der Waals surface area (Å²) in [5, 5.41) is 3.53. The number of benzene rings is 2. The number of fused-ring (bicyclic) bond motifs is 1. The third-order valence-corrected chi connectivity index (χ3v) is 4.08. The maximum Gasteiger partial charge on any atom is 0.0352 e. The van der Waals surface area contributed by atoms with Crippen LogP contribution < -0.4 is 5.32 Å². The van der Waals surface area contributed by atoms with Crippen molar-refractivity contribution >= 4 is 5.69 Å². The standard InChI is InChI=1S/C19H19N/c1-2-15-7-5-11-18(13-15)20-14-17-10-6-9-16-8-3-4-12-19(16)17/h1,3-5,7-8,11-13,17,20H,6,9-10,14H2. The van der Waals surface area contributed by atoms with Gasteiger partial charge in [0.05, 0.1) is 0 Å². The fourth-order valence-corrected chi connectivity index (χ4v) is 3.03. The largest absolute Gasteiger partial charge is 0.384 e. The van der Waals surface area contributed by atoms with Gasteiger partial charge in [0.2, 0.25) is 0 Å². The van der Waals surface area contributed by atoms with Crippen LogP contribution in [0.5, 0.6) is 0 Å². The van der Waals surface area contributed by atoms with Gasteiger partial charge in [0, 0.05) is 23.7 Å². The maximum atomic E-state index is 5.44. The lowest BCUT2D eigenvalue weighted by atomic mass is 9.83. The summed E-state index contributed by atoms with van der Waals surface area (Å²) in [4.78, 5) is 0. The zero-order chi connectivity index (χ0) is 13.8. The van der Waals surface area contributed by atoms with Gasteiger partial charge < -0.3 is 5.32 Å². The molecule has 0 radical (unpaired) electrons. The third kappa shape index (κ3) is 2.70. The summed E-state index contributed by atoms with van der Waals surface area (Å²) in [5.74, 6) is 3.29.